The van der Waals surface area contributed by atoms with Crippen LogP contribution >= 0.6 is 0 Å². The van der Waals surface area contributed by atoms with Gasteiger partial charge in [-0.1, -0.05) is 18.2 Å². The zero-order valence-electron chi connectivity index (χ0n) is 26.5. The number of ether oxygens (including phenoxy) is 5. The van der Waals surface area contributed by atoms with Crippen molar-refractivity contribution in [1.82, 2.24) is 14.9 Å². The summed E-state index contributed by atoms with van der Waals surface area (Å²) in [5, 5.41) is 4.52. The molecule has 0 fully saturated rings. The number of fused-ring (bicyclic) bond motifs is 2. The number of nitrogens with zero attached hydrogens (tertiary/aromatic N) is 2. The number of carbonyl (C=O) groups excluding carboxylic acids is 2. The van der Waals surface area contributed by atoms with Crippen molar-refractivity contribution in [3.8, 4) is 34.3 Å². The molecule has 0 saturated carbocycles. The van der Waals surface area contributed by atoms with E-state index in [4.69, 9.17) is 28.7 Å². The smallest absolute Gasteiger partial charge is 0.328 e. The van der Waals surface area contributed by atoms with E-state index in [0.717, 1.165) is 16.5 Å². The minimum absolute atomic E-state index is 0.210. The van der Waals surface area contributed by atoms with E-state index in [-0.39, 0.29) is 12.5 Å². The molecule has 234 valence electrons. The molecule has 1 N–H and O–H groups in total. The topological polar surface area (TPSA) is 110 Å². The molecule has 2 aromatic heterocycles. The number of hydrogen-bond acceptors (Lipinski definition) is 8. The number of hydrogen-bond donors (Lipinski definition) is 1. The maximum absolute atomic E-state index is 14.1. The number of amides is 1. The Hall–Kier alpha value is -5.25. The van der Waals surface area contributed by atoms with Crippen molar-refractivity contribution in [3.63, 3.8) is 0 Å². The minimum atomic E-state index is -0.952. The molecule has 0 aliphatic carbocycles. The van der Waals surface area contributed by atoms with Crippen LogP contribution in [-0.2, 0) is 16.0 Å². The average molecular weight is 612 g/mol. The fraction of sp³-hybridized carbons (Fsp3) is 0.286. The van der Waals surface area contributed by atoms with Crippen molar-refractivity contribution in [2.45, 2.75) is 32.4 Å². The predicted octanol–water partition coefficient (Wildman–Crippen LogP) is 5.99. The van der Waals surface area contributed by atoms with Gasteiger partial charge >= 0.3 is 5.97 Å². The Morgan fingerprint density at radius 2 is 1.56 bits per heavy atom. The summed E-state index contributed by atoms with van der Waals surface area (Å²) < 4.78 is 29.3. The molecule has 0 aliphatic rings. The van der Waals surface area contributed by atoms with E-state index < -0.39 is 17.9 Å². The summed E-state index contributed by atoms with van der Waals surface area (Å²) in [5.41, 5.74) is 3.98. The Balaban J connectivity index is 1.60. The Morgan fingerprint density at radius 3 is 2.18 bits per heavy atom. The molecule has 10 nitrogen and oxygen atoms in total. The van der Waals surface area contributed by atoms with Crippen molar-refractivity contribution >= 4 is 33.7 Å². The van der Waals surface area contributed by atoms with Crippen molar-refractivity contribution in [2.75, 3.05) is 35.5 Å². The molecule has 3 aromatic carbocycles. The summed E-state index contributed by atoms with van der Waals surface area (Å²) >= 11 is 0. The monoisotopic (exact) mass is 611 g/mol. The molecule has 0 bridgehead atoms. The summed E-state index contributed by atoms with van der Waals surface area (Å²) in [6, 6.07) is 17.8. The number of aromatic nitrogens is 2. The maximum Gasteiger partial charge on any atom is 0.328 e. The first-order chi connectivity index (χ1) is 21.7. The molecule has 1 atom stereocenters. The maximum atomic E-state index is 14.1. The lowest BCUT2D eigenvalue weighted by Gasteiger charge is -2.18. The summed E-state index contributed by atoms with van der Waals surface area (Å²) in [4.78, 5) is 32.1. The molecule has 1 unspecified atom stereocenters. The molecule has 45 heavy (non-hydrogen) atoms. The summed E-state index contributed by atoms with van der Waals surface area (Å²) in [6.07, 6.45) is 2.28. The number of para-hydroxylation sites is 1. The molecule has 0 spiro atoms. The van der Waals surface area contributed by atoms with Gasteiger partial charge < -0.3 is 33.6 Å². The van der Waals surface area contributed by atoms with Gasteiger partial charge in [0.05, 0.1) is 52.3 Å². The lowest BCUT2D eigenvalue weighted by atomic mass is 10.0. The van der Waals surface area contributed by atoms with Gasteiger partial charge in [-0.2, -0.15) is 0 Å². The molecule has 0 radical (unpaired) electrons. The first-order valence-electron chi connectivity index (χ1n) is 14.5. The molecular weight excluding hydrogens is 574 g/mol. The van der Waals surface area contributed by atoms with E-state index in [1.165, 1.54) is 28.4 Å². The van der Waals surface area contributed by atoms with E-state index in [9.17, 15) is 9.59 Å². The Kier molecular flexibility index (Phi) is 9.13. The van der Waals surface area contributed by atoms with Crippen LogP contribution in [0.2, 0.25) is 0 Å². The van der Waals surface area contributed by atoms with Gasteiger partial charge in [-0.25, -0.2) is 9.78 Å². The third kappa shape index (κ3) is 6.08. The van der Waals surface area contributed by atoms with Crippen LogP contribution in [0.1, 0.15) is 35.8 Å². The number of methoxy groups -OCH3 is 5. The van der Waals surface area contributed by atoms with Crippen molar-refractivity contribution in [2.24, 2.45) is 0 Å². The summed E-state index contributed by atoms with van der Waals surface area (Å²) in [7, 11) is 7.47. The van der Waals surface area contributed by atoms with E-state index in [1.807, 2.05) is 30.5 Å². The van der Waals surface area contributed by atoms with Gasteiger partial charge in [0, 0.05) is 40.5 Å². The van der Waals surface area contributed by atoms with Crippen LogP contribution in [0, 0.1) is 0 Å². The standard InChI is InChI=1S/C35H37N3O7/c1-20(2)38-19-22(24-10-8-9-11-30(24)38)14-29(35(40)45-7)37-34(39)26-18-28(36-27-13-12-23(41-3)17-25(26)27)21-15-31(42-4)33(44-6)32(16-21)43-5/h8-13,15-20,29H,14H2,1-7H3,(H,37,39). The normalized spacial score (nSPS) is 11.8. The van der Waals surface area contributed by atoms with Crippen molar-refractivity contribution < 1.29 is 33.3 Å². The average Bonchev–Trinajstić information content (AvgIpc) is 3.44. The van der Waals surface area contributed by atoms with E-state index >= 15 is 0 Å². The summed E-state index contributed by atoms with van der Waals surface area (Å²) in [5.74, 6) is 0.872. The van der Waals surface area contributed by atoms with Crippen molar-refractivity contribution in [1.29, 1.82) is 0 Å². The summed E-state index contributed by atoms with van der Waals surface area (Å²) in [6.45, 7) is 4.20. The molecule has 0 aliphatic heterocycles. The van der Waals surface area contributed by atoms with Gasteiger partial charge in [0.15, 0.2) is 11.5 Å². The second-order valence-corrected chi connectivity index (χ2v) is 10.8. The Bertz CT molecular complexity index is 1850. The molecule has 2 heterocycles. The van der Waals surface area contributed by atoms with Gasteiger partial charge in [-0.15, -0.1) is 0 Å². The lowest BCUT2D eigenvalue weighted by Crippen LogP contribution is -2.43. The lowest BCUT2D eigenvalue weighted by molar-refractivity contribution is -0.142. The number of pyridine rings is 1. The minimum Gasteiger partial charge on any atom is -0.497 e. The Morgan fingerprint density at radius 1 is 0.844 bits per heavy atom. The van der Waals surface area contributed by atoms with E-state index in [0.29, 0.717) is 50.7 Å². The number of benzene rings is 3. The van der Waals surface area contributed by atoms with Gasteiger partial charge in [-0.05, 0) is 61.9 Å². The highest BCUT2D eigenvalue weighted by Crippen LogP contribution is 2.41. The predicted molar refractivity (Wildman–Crippen MR) is 173 cm³/mol. The molecule has 0 saturated heterocycles. The zero-order valence-corrected chi connectivity index (χ0v) is 26.5. The van der Waals surface area contributed by atoms with Gasteiger partial charge in [0.2, 0.25) is 5.75 Å². The molecule has 5 aromatic rings. The van der Waals surface area contributed by atoms with Crippen LogP contribution in [0.4, 0.5) is 0 Å². The quantitative estimate of drug-likeness (QED) is 0.182. The van der Waals surface area contributed by atoms with Crippen LogP contribution in [0.15, 0.2) is 66.9 Å². The van der Waals surface area contributed by atoms with Crippen LogP contribution in [0.25, 0.3) is 33.1 Å². The second kappa shape index (κ2) is 13.2. The SMILES string of the molecule is COC(=O)C(Cc1cn(C(C)C)c2ccccc12)NC(=O)c1cc(-c2cc(OC)c(OC)c(OC)c2)nc2ccc(OC)cc12. The first-order valence-corrected chi connectivity index (χ1v) is 14.5. The van der Waals surface area contributed by atoms with Crippen LogP contribution in [0.3, 0.4) is 0 Å². The number of nitrogens with one attached hydrogen (secondary N) is 1. The third-order valence-corrected chi connectivity index (χ3v) is 7.82. The molecular formula is C35H37N3O7. The number of rotatable bonds is 11. The highest BCUT2D eigenvalue weighted by atomic mass is 16.5. The van der Waals surface area contributed by atoms with E-state index in [1.54, 1.807) is 43.5 Å². The second-order valence-electron chi connectivity index (χ2n) is 10.8. The Labute approximate surface area is 261 Å². The fourth-order valence-electron chi connectivity index (χ4n) is 5.56. The van der Waals surface area contributed by atoms with Crippen molar-refractivity contribution in [3.05, 3.63) is 78.0 Å². The first kappa shape index (κ1) is 31.2. The zero-order chi connectivity index (χ0) is 32.2. The third-order valence-electron chi connectivity index (χ3n) is 7.82. The van der Waals surface area contributed by atoms with Gasteiger partial charge in [-0.3, -0.25) is 4.79 Å². The molecule has 5 rings (SSSR count). The molecule has 1 amide bonds. The number of carbonyl (C=O) groups is 2. The van der Waals surface area contributed by atoms with Crippen LogP contribution < -0.4 is 24.3 Å². The van der Waals surface area contributed by atoms with Crippen LogP contribution in [0.5, 0.6) is 23.0 Å². The van der Waals surface area contributed by atoms with Gasteiger partial charge in [0.1, 0.15) is 11.8 Å². The highest BCUT2D eigenvalue weighted by molar-refractivity contribution is 6.08. The molecule has 10 heteroatoms. The largest absolute Gasteiger partial charge is 0.497 e. The highest BCUT2D eigenvalue weighted by Gasteiger charge is 2.26. The number of esters is 1. The van der Waals surface area contributed by atoms with Crippen LogP contribution in [-0.4, -0.2) is 63.0 Å². The van der Waals surface area contributed by atoms with E-state index in [2.05, 4.69) is 23.7 Å². The fourth-order valence-corrected chi connectivity index (χ4v) is 5.56. The van der Waals surface area contributed by atoms with Gasteiger partial charge in [0.25, 0.3) is 5.91 Å².